The third kappa shape index (κ3) is 4.33. The van der Waals surface area contributed by atoms with E-state index in [0.717, 1.165) is 5.69 Å². The fraction of sp³-hybridized carbons (Fsp3) is 0.364. The van der Waals surface area contributed by atoms with Crippen molar-refractivity contribution in [2.24, 2.45) is 0 Å². The van der Waals surface area contributed by atoms with Gasteiger partial charge in [0.05, 0.1) is 4.92 Å². The van der Waals surface area contributed by atoms with Gasteiger partial charge in [0.1, 0.15) is 0 Å². The molecule has 0 heterocycles. The fourth-order valence-electron chi connectivity index (χ4n) is 1.36. The smallest absolute Gasteiger partial charge is 0.270 e. The first kappa shape index (κ1) is 14.4. The Labute approximate surface area is 113 Å². The van der Waals surface area contributed by atoms with E-state index < -0.39 is 4.92 Å². The Kier molecular flexibility index (Phi) is 5.57. The summed E-state index contributed by atoms with van der Waals surface area (Å²) in [5.74, 6) is -0.0250. The molecule has 0 saturated heterocycles. The lowest BCUT2D eigenvalue weighted by atomic mass is 10.2. The summed E-state index contributed by atoms with van der Waals surface area (Å²) < 4.78 is 0.604. The maximum absolute atomic E-state index is 11.2. The molecule has 6 nitrogen and oxygen atoms in total. The van der Waals surface area contributed by atoms with E-state index in [4.69, 9.17) is 0 Å². The minimum atomic E-state index is -0.455. The largest absolute Gasteiger partial charge is 0.384 e. The molecule has 0 aliphatic carbocycles. The van der Waals surface area contributed by atoms with Crippen LogP contribution in [0.15, 0.2) is 22.7 Å². The number of benzene rings is 1. The SMILES string of the molecule is CCNC(=O)CCNc1ccc([N+](=O)[O-])cc1Br. The second-order valence-corrected chi connectivity index (χ2v) is 4.41. The van der Waals surface area contributed by atoms with E-state index in [1.807, 2.05) is 6.92 Å². The second-order valence-electron chi connectivity index (χ2n) is 3.55. The normalized spacial score (nSPS) is 9.89. The molecule has 0 bridgehead atoms. The number of carbonyl (C=O) groups is 1. The number of nitrogens with one attached hydrogen (secondary N) is 2. The molecule has 0 atom stereocenters. The molecule has 0 spiro atoms. The van der Waals surface area contributed by atoms with Gasteiger partial charge >= 0.3 is 0 Å². The summed E-state index contributed by atoms with van der Waals surface area (Å²) in [6.45, 7) is 2.94. The zero-order valence-corrected chi connectivity index (χ0v) is 11.5. The first-order valence-corrected chi connectivity index (χ1v) is 6.28. The maximum Gasteiger partial charge on any atom is 0.270 e. The number of nitro groups is 1. The van der Waals surface area contributed by atoms with Crippen molar-refractivity contribution in [3.05, 3.63) is 32.8 Å². The van der Waals surface area contributed by atoms with E-state index in [1.54, 1.807) is 6.07 Å². The Balaban J connectivity index is 2.53. The summed E-state index contributed by atoms with van der Waals surface area (Å²) in [5.41, 5.74) is 0.751. The molecule has 7 heteroatoms. The predicted octanol–water partition coefficient (Wildman–Crippen LogP) is 2.30. The Hall–Kier alpha value is -1.63. The van der Waals surface area contributed by atoms with Crippen LogP contribution in [0.3, 0.4) is 0 Å². The van der Waals surface area contributed by atoms with E-state index >= 15 is 0 Å². The van der Waals surface area contributed by atoms with Crippen molar-refractivity contribution in [2.45, 2.75) is 13.3 Å². The van der Waals surface area contributed by atoms with Crippen molar-refractivity contribution in [2.75, 3.05) is 18.4 Å². The highest BCUT2D eigenvalue weighted by molar-refractivity contribution is 9.10. The second kappa shape index (κ2) is 6.95. The van der Waals surface area contributed by atoms with E-state index in [-0.39, 0.29) is 11.6 Å². The molecular weight excluding hydrogens is 302 g/mol. The van der Waals surface area contributed by atoms with Gasteiger partial charge in [0.2, 0.25) is 5.91 Å². The van der Waals surface area contributed by atoms with E-state index in [1.165, 1.54) is 12.1 Å². The highest BCUT2D eigenvalue weighted by Crippen LogP contribution is 2.26. The van der Waals surface area contributed by atoms with Crippen LogP contribution in [0, 0.1) is 10.1 Å². The number of anilines is 1. The topological polar surface area (TPSA) is 84.3 Å². The fourth-order valence-corrected chi connectivity index (χ4v) is 1.86. The van der Waals surface area contributed by atoms with E-state index in [0.29, 0.717) is 24.0 Å². The van der Waals surface area contributed by atoms with Crippen LogP contribution in [0.2, 0.25) is 0 Å². The minimum absolute atomic E-state index is 0.0242. The minimum Gasteiger partial charge on any atom is -0.384 e. The average molecular weight is 316 g/mol. The number of amides is 1. The van der Waals surface area contributed by atoms with Crippen LogP contribution in [-0.2, 0) is 4.79 Å². The molecule has 0 aliphatic rings. The molecule has 0 aromatic heterocycles. The lowest BCUT2D eigenvalue weighted by molar-refractivity contribution is -0.384. The standard InChI is InChI=1S/C11H14BrN3O3/c1-2-13-11(16)5-6-14-10-4-3-8(15(17)18)7-9(10)12/h3-4,7,14H,2,5-6H2,1H3,(H,13,16). The molecule has 2 N–H and O–H groups in total. The Morgan fingerprint density at radius 2 is 2.22 bits per heavy atom. The molecule has 0 unspecified atom stereocenters. The van der Waals surface area contributed by atoms with Crippen molar-refractivity contribution in [1.82, 2.24) is 5.32 Å². The van der Waals surface area contributed by atoms with Crippen LogP contribution < -0.4 is 10.6 Å². The molecule has 1 aromatic carbocycles. The van der Waals surface area contributed by atoms with Crippen molar-refractivity contribution in [3.63, 3.8) is 0 Å². The predicted molar refractivity (Wildman–Crippen MR) is 72.6 cm³/mol. The van der Waals surface area contributed by atoms with Gasteiger partial charge in [0, 0.05) is 41.8 Å². The zero-order valence-electron chi connectivity index (χ0n) is 9.90. The maximum atomic E-state index is 11.2. The molecule has 0 saturated carbocycles. The monoisotopic (exact) mass is 315 g/mol. The molecule has 98 valence electrons. The number of hydrogen-bond donors (Lipinski definition) is 2. The number of hydrogen-bond acceptors (Lipinski definition) is 4. The molecule has 0 fully saturated rings. The lowest BCUT2D eigenvalue weighted by Crippen LogP contribution is -2.24. The number of nitro benzene ring substituents is 1. The molecule has 1 aromatic rings. The molecular formula is C11H14BrN3O3. The lowest BCUT2D eigenvalue weighted by Gasteiger charge is -2.08. The van der Waals surface area contributed by atoms with Crippen LogP contribution in [-0.4, -0.2) is 23.9 Å². The van der Waals surface area contributed by atoms with Crippen molar-refractivity contribution in [1.29, 1.82) is 0 Å². The number of rotatable bonds is 6. The highest BCUT2D eigenvalue weighted by atomic mass is 79.9. The first-order chi connectivity index (χ1) is 8.54. The van der Waals surface area contributed by atoms with Gasteiger partial charge in [0.25, 0.3) is 5.69 Å². The summed E-state index contributed by atoms with van der Waals surface area (Å²) in [5, 5.41) is 16.3. The first-order valence-electron chi connectivity index (χ1n) is 5.49. The van der Waals surface area contributed by atoms with E-state index in [2.05, 4.69) is 26.6 Å². The molecule has 0 radical (unpaired) electrons. The Morgan fingerprint density at radius 3 is 2.78 bits per heavy atom. The van der Waals surface area contributed by atoms with Crippen LogP contribution in [0.4, 0.5) is 11.4 Å². The average Bonchev–Trinajstić information content (AvgIpc) is 2.31. The number of carbonyl (C=O) groups excluding carboxylic acids is 1. The van der Waals surface area contributed by atoms with Gasteiger partial charge < -0.3 is 10.6 Å². The number of halogens is 1. The molecule has 1 rings (SSSR count). The third-order valence-electron chi connectivity index (χ3n) is 2.20. The van der Waals surface area contributed by atoms with Crippen LogP contribution in [0.25, 0.3) is 0 Å². The van der Waals surface area contributed by atoms with Gasteiger partial charge in [-0.1, -0.05) is 0 Å². The van der Waals surface area contributed by atoms with Gasteiger partial charge in [0.15, 0.2) is 0 Å². The highest BCUT2D eigenvalue weighted by Gasteiger charge is 2.09. The zero-order chi connectivity index (χ0) is 13.5. The van der Waals surface area contributed by atoms with Gasteiger partial charge in [-0.05, 0) is 28.9 Å². The third-order valence-corrected chi connectivity index (χ3v) is 2.86. The molecule has 0 aliphatic heterocycles. The summed E-state index contributed by atoms with van der Waals surface area (Å²) in [6.07, 6.45) is 0.358. The van der Waals surface area contributed by atoms with Gasteiger partial charge in [-0.2, -0.15) is 0 Å². The van der Waals surface area contributed by atoms with Gasteiger partial charge in [-0.15, -0.1) is 0 Å². The van der Waals surface area contributed by atoms with Gasteiger partial charge in [-0.3, -0.25) is 14.9 Å². The van der Waals surface area contributed by atoms with Crippen LogP contribution >= 0.6 is 15.9 Å². The van der Waals surface area contributed by atoms with E-state index in [9.17, 15) is 14.9 Å². The summed E-state index contributed by atoms with van der Waals surface area (Å²) >= 11 is 3.25. The van der Waals surface area contributed by atoms with Crippen molar-refractivity contribution in [3.8, 4) is 0 Å². The van der Waals surface area contributed by atoms with Crippen molar-refractivity contribution < 1.29 is 9.72 Å². The van der Waals surface area contributed by atoms with Crippen LogP contribution in [0.1, 0.15) is 13.3 Å². The van der Waals surface area contributed by atoms with Crippen LogP contribution in [0.5, 0.6) is 0 Å². The number of nitrogens with zero attached hydrogens (tertiary/aromatic N) is 1. The Bertz CT molecular complexity index is 451. The van der Waals surface area contributed by atoms with Crippen molar-refractivity contribution >= 4 is 33.2 Å². The summed E-state index contributed by atoms with van der Waals surface area (Å²) in [6, 6.07) is 4.45. The molecule has 1 amide bonds. The quantitative estimate of drug-likeness (QED) is 0.623. The van der Waals surface area contributed by atoms with Gasteiger partial charge in [-0.25, -0.2) is 0 Å². The molecule has 18 heavy (non-hydrogen) atoms. The number of non-ortho nitro benzene ring substituents is 1. The summed E-state index contributed by atoms with van der Waals surface area (Å²) in [4.78, 5) is 21.3. The Morgan fingerprint density at radius 1 is 1.50 bits per heavy atom. The summed E-state index contributed by atoms with van der Waals surface area (Å²) in [7, 11) is 0.